The van der Waals surface area contributed by atoms with Gasteiger partial charge in [-0.15, -0.1) is 0 Å². The topological polar surface area (TPSA) is 153 Å². The summed E-state index contributed by atoms with van der Waals surface area (Å²) in [5, 5.41) is 38.1. The zero-order valence-corrected chi connectivity index (χ0v) is 21.3. The van der Waals surface area contributed by atoms with Crippen LogP contribution < -0.4 is 16.8 Å². The van der Waals surface area contributed by atoms with E-state index in [4.69, 9.17) is 11.5 Å². The Bertz CT molecular complexity index is 1280. The van der Waals surface area contributed by atoms with Crippen LogP contribution in [0.25, 0.3) is 10.9 Å². The summed E-state index contributed by atoms with van der Waals surface area (Å²) in [5.74, 6) is -0.0248. The first-order chi connectivity index (χ1) is 17.9. The molecule has 8 nitrogen and oxygen atoms in total. The monoisotopic (exact) mass is 505 g/mol. The van der Waals surface area contributed by atoms with Crippen molar-refractivity contribution in [1.82, 2.24) is 10.3 Å². The van der Waals surface area contributed by atoms with E-state index in [1.54, 1.807) is 6.07 Å². The largest absolute Gasteiger partial charge is 0.504 e. The number of phenolic OH excluding ortho intramolecular Hbond substituents is 2. The van der Waals surface area contributed by atoms with E-state index in [1.807, 2.05) is 12.1 Å². The Morgan fingerprint density at radius 1 is 1.03 bits per heavy atom. The van der Waals surface area contributed by atoms with Gasteiger partial charge in [-0.3, -0.25) is 4.99 Å². The number of H-pyrrole nitrogens is 1. The lowest BCUT2D eigenvalue weighted by Crippen LogP contribution is -2.51. The summed E-state index contributed by atoms with van der Waals surface area (Å²) in [7, 11) is 0. The number of unbranched alkanes of at least 4 members (excludes halogenated alkanes) is 3. The highest BCUT2D eigenvalue weighted by molar-refractivity contribution is 5.85. The fourth-order valence-electron chi connectivity index (χ4n) is 6.66. The van der Waals surface area contributed by atoms with Gasteiger partial charge >= 0.3 is 0 Å². The maximum absolute atomic E-state index is 11.8. The Morgan fingerprint density at radius 3 is 2.68 bits per heavy atom. The SMILES string of the molecule is NC(N)=NCCCCCCNCCC12Cc3[nH]c4ccccc4c3CC(Cc3ccc(O)c(O)c31)C2O. The van der Waals surface area contributed by atoms with Gasteiger partial charge in [0.25, 0.3) is 0 Å². The number of hydrogen-bond donors (Lipinski definition) is 7. The molecular formula is C29H39N5O3. The van der Waals surface area contributed by atoms with Crippen molar-refractivity contribution in [3.05, 3.63) is 58.8 Å². The van der Waals surface area contributed by atoms with Gasteiger partial charge in [0.1, 0.15) is 0 Å². The molecule has 1 heterocycles. The highest BCUT2D eigenvalue weighted by Crippen LogP contribution is 2.53. The lowest BCUT2D eigenvalue weighted by Gasteiger charge is -2.46. The molecule has 8 heteroatoms. The minimum absolute atomic E-state index is 0.0436. The summed E-state index contributed by atoms with van der Waals surface area (Å²) >= 11 is 0. The van der Waals surface area contributed by atoms with E-state index < -0.39 is 11.5 Å². The maximum atomic E-state index is 11.8. The zero-order chi connectivity index (χ0) is 26.0. The molecule has 9 N–H and O–H groups in total. The van der Waals surface area contributed by atoms with Gasteiger partial charge in [0.2, 0.25) is 0 Å². The predicted octanol–water partition coefficient (Wildman–Crippen LogP) is 2.96. The van der Waals surface area contributed by atoms with Gasteiger partial charge < -0.3 is 37.1 Å². The van der Waals surface area contributed by atoms with Crippen LogP contribution in [0.4, 0.5) is 0 Å². The van der Waals surface area contributed by atoms with E-state index in [0.29, 0.717) is 37.9 Å². The number of nitrogens with two attached hydrogens (primary N) is 2. The van der Waals surface area contributed by atoms with Crippen molar-refractivity contribution >= 4 is 16.9 Å². The van der Waals surface area contributed by atoms with Crippen LogP contribution in [0.15, 0.2) is 41.4 Å². The van der Waals surface area contributed by atoms with Crippen LogP contribution in [0.3, 0.4) is 0 Å². The molecule has 3 aromatic rings. The van der Waals surface area contributed by atoms with Crippen molar-refractivity contribution in [2.45, 2.75) is 62.9 Å². The Balaban J connectivity index is 1.35. The number of hydrogen-bond acceptors (Lipinski definition) is 5. The number of nitrogens with one attached hydrogen (secondary N) is 2. The molecule has 0 fully saturated rings. The van der Waals surface area contributed by atoms with E-state index in [1.165, 1.54) is 10.9 Å². The van der Waals surface area contributed by atoms with E-state index in [0.717, 1.165) is 55.4 Å². The molecule has 1 aromatic heterocycles. The fraction of sp³-hybridized carbons (Fsp3) is 0.483. The number of aromatic hydroxyl groups is 2. The van der Waals surface area contributed by atoms with Crippen molar-refractivity contribution in [2.24, 2.45) is 22.4 Å². The lowest BCUT2D eigenvalue weighted by molar-refractivity contribution is 0.0141. The van der Waals surface area contributed by atoms with Crippen LogP contribution in [-0.2, 0) is 24.7 Å². The summed E-state index contributed by atoms with van der Waals surface area (Å²) in [6.07, 6.45) is 6.29. The summed E-state index contributed by atoms with van der Waals surface area (Å²) in [6.45, 7) is 2.26. The first-order valence-electron chi connectivity index (χ1n) is 13.5. The number of guanidine groups is 1. The Kier molecular flexibility index (Phi) is 7.31. The molecule has 2 aliphatic carbocycles. The number of aliphatic imine (C=N–C) groups is 1. The van der Waals surface area contributed by atoms with E-state index in [2.05, 4.69) is 33.5 Å². The quantitative estimate of drug-likeness (QED) is 0.0973. The normalized spacial score (nSPS) is 22.3. The third-order valence-corrected chi connectivity index (χ3v) is 8.40. The van der Waals surface area contributed by atoms with Crippen LogP contribution in [-0.4, -0.2) is 52.0 Å². The number of benzene rings is 2. The summed E-state index contributed by atoms with van der Waals surface area (Å²) < 4.78 is 0. The van der Waals surface area contributed by atoms with Gasteiger partial charge in [0.15, 0.2) is 17.5 Å². The first-order valence-corrected chi connectivity index (χ1v) is 13.5. The molecule has 0 aliphatic heterocycles. The van der Waals surface area contributed by atoms with Crippen LogP contribution in [0.2, 0.25) is 0 Å². The fourth-order valence-corrected chi connectivity index (χ4v) is 6.66. The minimum atomic E-state index is -0.694. The Morgan fingerprint density at radius 2 is 1.84 bits per heavy atom. The molecular weight excluding hydrogens is 466 g/mol. The third-order valence-electron chi connectivity index (χ3n) is 8.40. The van der Waals surface area contributed by atoms with Gasteiger partial charge in [-0.2, -0.15) is 0 Å². The van der Waals surface area contributed by atoms with Gasteiger partial charge in [0, 0.05) is 40.5 Å². The summed E-state index contributed by atoms with van der Waals surface area (Å²) in [4.78, 5) is 7.64. The molecule has 2 aliphatic rings. The van der Waals surface area contributed by atoms with Crippen LogP contribution in [0, 0.1) is 5.92 Å². The minimum Gasteiger partial charge on any atom is -0.504 e. The number of aliphatic hydroxyl groups excluding tert-OH is 1. The maximum Gasteiger partial charge on any atom is 0.185 e. The van der Waals surface area contributed by atoms with Gasteiger partial charge in [-0.1, -0.05) is 37.1 Å². The van der Waals surface area contributed by atoms with Gasteiger partial charge in [-0.05, 0) is 74.4 Å². The van der Waals surface area contributed by atoms with Gasteiger partial charge in [-0.25, -0.2) is 0 Å². The van der Waals surface area contributed by atoms with Gasteiger partial charge in [0.05, 0.1) is 6.10 Å². The van der Waals surface area contributed by atoms with Crippen molar-refractivity contribution in [3.8, 4) is 11.5 Å². The predicted molar refractivity (Wildman–Crippen MR) is 147 cm³/mol. The first kappa shape index (κ1) is 25.4. The zero-order valence-electron chi connectivity index (χ0n) is 21.3. The van der Waals surface area contributed by atoms with Crippen molar-refractivity contribution < 1.29 is 15.3 Å². The Labute approximate surface area is 217 Å². The van der Waals surface area contributed by atoms with E-state index in [9.17, 15) is 15.3 Å². The highest BCUT2D eigenvalue weighted by atomic mass is 16.3. The number of fused-ring (bicyclic) bond motifs is 7. The van der Waals surface area contributed by atoms with E-state index >= 15 is 0 Å². The molecule has 0 saturated carbocycles. The van der Waals surface area contributed by atoms with Crippen molar-refractivity contribution in [1.29, 1.82) is 0 Å². The number of aromatic amines is 1. The smallest absolute Gasteiger partial charge is 0.185 e. The Hall–Kier alpha value is -3.23. The second-order valence-corrected chi connectivity index (χ2v) is 10.8. The molecule has 5 rings (SSSR count). The number of phenols is 2. The molecule has 0 saturated heterocycles. The molecule has 3 unspecified atom stereocenters. The van der Waals surface area contributed by atoms with Crippen molar-refractivity contribution in [3.63, 3.8) is 0 Å². The van der Waals surface area contributed by atoms with Crippen LogP contribution in [0.1, 0.15) is 54.5 Å². The number of aromatic nitrogens is 1. The molecule has 37 heavy (non-hydrogen) atoms. The standard InChI is InChI=1S/C29H39N5O3/c30-28(31)33-13-6-2-1-5-12-32-14-11-29-17-23-21(20-7-3-4-8-22(20)34-23)16-19(27(29)37)15-18-9-10-24(35)26(36)25(18)29/h3-4,7-10,19,27,32,34-37H,1-2,5-6,11-17H2,(H4,30,31,33). The third kappa shape index (κ3) is 4.88. The highest BCUT2D eigenvalue weighted by Gasteiger charge is 2.52. The molecule has 2 bridgehead atoms. The number of rotatable bonds is 10. The second-order valence-electron chi connectivity index (χ2n) is 10.8. The molecule has 2 aromatic carbocycles. The molecule has 0 amide bonds. The molecule has 3 atom stereocenters. The average Bonchev–Trinajstić information content (AvgIpc) is 3.18. The second kappa shape index (κ2) is 10.6. The number of aliphatic hydroxyl groups is 1. The van der Waals surface area contributed by atoms with Crippen molar-refractivity contribution in [2.75, 3.05) is 19.6 Å². The lowest BCUT2D eigenvalue weighted by atomic mass is 9.61. The molecule has 198 valence electrons. The number of nitrogens with zero attached hydrogens (tertiary/aromatic N) is 1. The molecule has 0 radical (unpaired) electrons. The summed E-state index contributed by atoms with van der Waals surface area (Å²) in [5.41, 5.74) is 15.3. The van der Waals surface area contributed by atoms with Crippen LogP contribution in [0.5, 0.6) is 11.5 Å². The molecule has 0 spiro atoms. The number of para-hydroxylation sites is 1. The van der Waals surface area contributed by atoms with Crippen LogP contribution >= 0.6 is 0 Å². The summed E-state index contributed by atoms with van der Waals surface area (Å²) in [6, 6.07) is 11.8. The van der Waals surface area contributed by atoms with E-state index in [-0.39, 0.29) is 23.4 Å². The average molecular weight is 506 g/mol.